The molecule has 0 spiro atoms. The van der Waals surface area contributed by atoms with Crippen molar-refractivity contribution < 1.29 is 33.3 Å². The normalized spacial score (nSPS) is 18.1. The van der Waals surface area contributed by atoms with Gasteiger partial charge in [-0.25, -0.2) is 14.4 Å². The molecule has 1 aromatic rings. The molecule has 0 radical (unpaired) electrons. The van der Waals surface area contributed by atoms with Crippen molar-refractivity contribution in [1.29, 1.82) is 0 Å². The van der Waals surface area contributed by atoms with Crippen LogP contribution in [0.25, 0.3) is 0 Å². The lowest BCUT2D eigenvalue weighted by Crippen LogP contribution is -2.46. The SMILES string of the molecule is COC(=O)C1=C(C(=O)OC)N(c2cccc(OC3CCCN(C(=O)OC(C)(C)C)C3)c2)C=CC=C1. The molecule has 9 nitrogen and oxygen atoms in total. The van der Waals surface area contributed by atoms with Gasteiger partial charge in [-0.15, -0.1) is 0 Å². The summed E-state index contributed by atoms with van der Waals surface area (Å²) >= 11 is 0. The van der Waals surface area contributed by atoms with Crippen LogP contribution in [0.5, 0.6) is 5.75 Å². The van der Waals surface area contributed by atoms with Crippen molar-refractivity contribution >= 4 is 23.7 Å². The van der Waals surface area contributed by atoms with Gasteiger partial charge in [-0.3, -0.25) is 0 Å². The Morgan fingerprint density at radius 1 is 1.03 bits per heavy atom. The number of rotatable bonds is 5. The highest BCUT2D eigenvalue weighted by molar-refractivity contribution is 6.05. The third kappa shape index (κ3) is 6.65. The van der Waals surface area contributed by atoms with Crippen LogP contribution in [0.3, 0.4) is 0 Å². The number of carbonyl (C=O) groups is 3. The Morgan fingerprint density at radius 3 is 2.46 bits per heavy atom. The number of likely N-dealkylation sites (tertiary alicyclic amines) is 1. The predicted octanol–water partition coefficient (Wildman–Crippen LogP) is 3.95. The number of allylic oxidation sites excluding steroid dienone is 2. The zero-order chi connectivity index (χ0) is 25.6. The summed E-state index contributed by atoms with van der Waals surface area (Å²) in [6, 6.07) is 7.14. The van der Waals surface area contributed by atoms with E-state index < -0.39 is 17.5 Å². The highest BCUT2D eigenvalue weighted by atomic mass is 16.6. The second-order valence-corrected chi connectivity index (χ2v) is 9.12. The van der Waals surface area contributed by atoms with Crippen molar-refractivity contribution in [2.45, 2.75) is 45.3 Å². The number of anilines is 1. The van der Waals surface area contributed by atoms with Crippen molar-refractivity contribution in [3.05, 3.63) is 60.0 Å². The second-order valence-electron chi connectivity index (χ2n) is 9.12. The molecule has 9 heteroatoms. The molecule has 2 aliphatic heterocycles. The minimum Gasteiger partial charge on any atom is -0.489 e. The van der Waals surface area contributed by atoms with Crippen LogP contribution in [-0.2, 0) is 23.8 Å². The number of nitrogens with zero attached hydrogens (tertiary/aromatic N) is 2. The summed E-state index contributed by atoms with van der Waals surface area (Å²) in [5.41, 5.74) is 0.109. The Labute approximate surface area is 205 Å². The van der Waals surface area contributed by atoms with E-state index in [4.69, 9.17) is 18.9 Å². The Bertz CT molecular complexity index is 1050. The second kappa shape index (κ2) is 11.1. The topological polar surface area (TPSA) is 94.6 Å². The molecule has 1 saturated heterocycles. The van der Waals surface area contributed by atoms with E-state index in [0.29, 0.717) is 24.5 Å². The van der Waals surface area contributed by atoms with E-state index in [1.807, 2.05) is 20.8 Å². The van der Waals surface area contributed by atoms with E-state index in [2.05, 4.69) is 0 Å². The van der Waals surface area contributed by atoms with Crippen LogP contribution in [0.1, 0.15) is 33.6 Å². The number of benzene rings is 1. The molecule has 2 aliphatic rings. The van der Waals surface area contributed by atoms with Crippen LogP contribution in [0, 0.1) is 0 Å². The lowest BCUT2D eigenvalue weighted by Gasteiger charge is -2.34. The smallest absolute Gasteiger partial charge is 0.410 e. The average Bonchev–Trinajstić information content (AvgIpc) is 3.05. The van der Waals surface area contributed by atoms with Crippen LogP contribution >= 0.6 is 0 Å². The molecule has 1 aromatic carbocycles. The van der Waals surface area contributed by atoms with Crippen LogP contribution in [0.15, 0.2) is 60.0 Å². The first-order valence-electron chi connectivity index (χ1n) is 11.4. The molecule has 188 valence electrons. The number of piperidine rings is 1. The summed E-state index contributed by atoms with van der Waals surface area (Å²) in [6.07, 6.45) is 7.51. The molecular formula is C26H32N2O7. The summed E-state index contributed by atoms with van der Waals surface area (Å²) in [7, 11) is 2.50. The Balaban J connectivity index is 1.83. The third-order valence-corrected chi connectivity index (χ3v) is 5.32. The number of hydrogen-bond donors (Lipinski definition) is 0. The van der Waals surface area contributed by atoms with E-state index in [0.717, 1.165) is 12.8 Å². The molecule has 0 aromatic heterocycles. The summed E-state index contributed by atoms with van der Waals surface area (Å²) in [6.45, 7) is 6.54. The number of esters is 2. The molecule has 2 heterocycles. The fraction of sp³-hybridized carbons (Fsp3) is 0.423. The average molecular weight is 485 g/mol. The number of amides is 1. The minimum absolute atomic E-state index is 0.0234. The lowest BCUT2D eigenvalue weighted by molar-refractivity contribution is -0.139. The van der Waals surface area contributed by atoms with E-state index in [9.17, 15) is 14.4 Å². The third-order valence-electron chi connectivity index (χ3n) is 5.32. The van der Waals surface area contributed by atoms with Crippen LogP contribution in [0.2, 0.25) is 0 Å². The lowest BCUT2D eigenvalue weighted by atomic mass is 10.1. The van der Waals surface area contributed by atoms with Gasteiger partial charge < -0.3 is 28.7 Å². The maximum Gasteiger partial charge on any atom is 0.410 e. The molecule has 0 N–H and O–H groups in total. The van der Waals surface area contributed by atoms with Gasteiger partial charge in [0.25, 0.3) is 0 Å². The molecule has 35 heavy (non-hydrogen) atoms. The van der Waals surface area contributed by atoms with Gasteiger partial charge in [-0.2, -0.15) is 0 Å². The molecular weight excluding hydrogens is 452 g/mol. The van der Waals surface area contributed by atoms with Gasteiger partial charge in [0.1, 0.15) is 23.2 Å². The summed E-state index contributed by atoms with van der Waals surface area (Å²) in [5, 5.41) is 0. The molecule has 0 aliphatic carbocycles. The first-order valence-corrected chi connectivity index (χ1v) is 11.4. The van der Waals surface area contributed by atoms with Crippen LogP contribution in [-0.4, -0.2) is 61.9 Å². The molecule has 1 atom stereocenters. The van der Waals surface area contributed by atoms with E-state index >= 15 is 0 Å². The summed E-state index contributed by atoms with van der Waals surface area (Å²) in [5.74, 6) is -0.784. The highest BCUT2D eigenvalue weighted by Crippen LogP contribution is 2.30. The van der Waals surface area contributed by atoms with Crippen molar-refractivity contribution in [3.63, 3.8) is 0 Å². The van der Waals surface area contributed by atoms with Gasteiger partial charge in [0, 0.05) is 24.5 Å². The van der Waals surface area contributed by atoms with Gasteiger partial charge in [0.05, 0.1) is 26.3 Å². The van der Waals surface area contributed by atoms with Crippen molar-refractivity contribution in [2.24, 2.45) is 0 Å². The predicted molar refractivity (Wildman–Crippen MR) is 130 cm³/mol. The molecule has 0 bridgehead atoms. The molecule has 1 fully saturated rings. The zero-order valence-corrected chi connectivity index (χ0v) is 20.8. The van der Waals surface area contributed by atoms with Crippen LogP contribution in [0.4, 0.5) is 10.5 Å². The standard InChI is InChI=1S/C26H32N2O7/c1-26(2,3)35-25(31)27-14-9-12-20(17-27)34-19-11-8-10-18(16-19)28-15-7-6-13-21(23(29)32-4)22(28)24(30)33-5/h6-8,10-11,13,15-16,20H,9,12,14,17H2,1-5H3. The largest absolute Gasteiger partial charge is 0.489 e. The maximum absolute atomic E-state index is 12.7. The number of ether oxygens (including phenoxy) is 4. The summed E-state index contributed by atoms with van der Waals surface area (Å²) < 4.78 is 21.5. The van der Waals surface area contributed by atoms with Crippen molar-refractivity contribution in [3.8, 4) is 5.75 Å². The fourth-order valence-electron chi connectivity index (χ4n) is 3.79. The first-order chi connectivity index (χ1) is 16.6. The van der Waals surface area contributed by atoms with Crippen LogP contribution < -0.4 is 9.64 Å². The zero-order valence-electron chi connectivity index (χ0n) is 20.8. The quantitative estimate of drug-likeness (QED) is 0.458. The highest BCUT2D eigenvalue weighted by Gasteiger charge is 2.30. The van der Waals surface area contributed by atoms with Gasteiger partial charge in [0.2, 0.25) is 0 Å². The molecule has 1 unspecified atom stereocenters. The maximum atomic E-state index is 12.7. The molecule has 1 amide bonds. The van der Waals surface area contributed by atoms with Gasteiger partial charge in [0.15, 0.2) is 0 Å². The number of methoxy groups -OCH3 is 2. The number of hydrogen-bond acceptors (Lipinski definition) is 8. The first kappa shape index (κ1) is 25.9. The number of carbonyl (C=O) groups excluding carboxylic acids is 3. The monoisotopic (exact) mass is 484 g/mol. The van der Waals surface area contributed by atoms with Gasteiger partial charge in [-0.1, -0.05) is 12.1 Å². The Morgan fingerprint density at radius 2 is 1.77 bits per heavy atom. The fourth-order valence-corrected chi connectivity index (χ4v) is 3.79. The Hall–Kier alpha value is -3.75. The van der Waals surface area contributed by atoms with E-state index in [-0.39, 0.29) is 23.5 Å². The molecule has 3 rings (SSSR count). The minimum atomic E-state index is -0.687. The van der Waals surface area contributed by atoms with Crippen molar-refractivity contribution in [1.82, 2.24) is 4.90 Å². The van der Waals surface area contributed by atoms with Gasteiger partial charge in [-0.05, 0) is 57.9 Å². The van der Waals surface area contributed by atoms with E-state index in [1.54, 1.807) is 52.4 Å². The van der Waals surface area contributed by atoms with E-state index in [1.165, 1.54) is 20.3 Å². The van der Waals surface area contributed by atoms with Gasteiger partial charge >= 0.3 is 18.0 Å². The van der Waals surface area contributed by atoms with Crippen molar-refractivity contribution in [2.75, 3.05) is 32.2 Å². The summed E-state index contributed by atoms with van der Waals surface area (Å²) in [4.78, 5) is 40.7. The molecule has 0 saturated carbocycles. The Kier molecular flexibility index (Phi) is 8.22.